The molecular formula is C24H29N3O5S. The molecule has 1 aliphatic rings. The predicted octanol–water partition coefficient (Wildman–Crippen LogP) is 3.71. The first-order valence-electron chi connectivity index (χ1n) is 10.7. The third-order valence-corrected chi connectivity index (χ3v) is 5.82. The van der Waals surface area contributed by atoms with Crippen molar-refractivity contribution in [3.8, 4) is 17.2 Å². The summed E-state index contributed by atoms with van der Waals surface area (Å²) in [7, 11) is 4.45. The monoisotopic (exact) mass is 471 g/mol. The molecule has 0 saturated carbocycles. The van der Waals surface area contributed by atoms with Gasteiger partial charge in [-0.25, -0.2) is 0 Å². The summed E-state index contributed by atoms with van der Waals surface area (Å²) in [6, 6.07) is 10.1. The first-order valence-corrected chi connectivity index (χ1v) is 11.1. The van der Waals surface area contributed by atoms with Crippen molar-refractivity contribution in [3.63, 3.8) is 0 Å². The van der Waals surface area contributed by atoms with Crippen LogP contribution in [0.2, 0.25) is 0 Å². The molecule has 0 aromatic heterocycles. The molecule has 2 aromatic rings. The lowest BCUT2D eigenvalue weighted by Crippen LogP contribution is -2.37. The second kappa shape index (κ2) is 11.0. The van der Waals surface area contributed by atoms with E-state index in [1.54, 1.807) is 36.4 Å². The largest absolute Gasteiger partial charge is 0.493 e. The van der Waals surface area contributed by atoms with Crippen LogP contribution in [0.1, 0.15) is 40.5 Å². The number of rotatable bonds is 6. The number of nitrogens with one attached hydrogen (secondary N) is 2. The highest BCUT2D eigenvalue weighted by atomic mass is 32.1. The quantitative estimate of drug-likeness (QED) is 0.621. The number of likely N-dealkylation sites (tertiary alicyclic amines) is 1. The molecule has 0 bridgehead atoms. The Morgan fingerprint density at radius 1 is 0.939 bits per heavy atom. The number of anilines is 1. The Labute approximate surface area is 199 Å². The molecule has 0 radical (unpaired) electrons. The lowest BCUT2D eigenvalue weighted by Gasteiger charge is -2.30. The Kier molecular flexibility index (Phi) is 8.11. The van der Waals surface area contributed by atoms with Gasteiger partial charge in [0, 0.05) is 29.9 Å². The topological polar surface area (TPSA) is 89.1 Å². The number of hydrogen-bond donors (Lipinski definition) is 2. The number of ether oxygens (including phenoxy) is 3. The van der Waals surface area contributed by atoms with Gasteiger partial charge in [-0.1, -0.05) is 6.92 Å². The van der Waals surface area contributed by atoms with Gasteiger partial charge in [0.15, 0.2) is 16.6 Å². The van der Waals surface area contributed by atoms with Crippen LogP contribution in [0, 0.1) is 5.92 Å². The van der Waals surface area contributed by atoms with E-state index in [4.69, 9.17) is 26.4 Å². The van der Waals surface area contributed by atoms with E-state index in [1.165, 1.54) is 21.3 Å². The summed E-state index contributed by atoms with van der Waals surface area (Å²) in [6.07, 6.45) is 2.07. The van der Waals surface area contributed by atoms with Gasteiger partial charge in [0.1, 0.15) is 0 Å². The molecule has 2 aromatic carbocycles. The summed E-state index contributed by atoms with van der Waals surface area (Å²) >= 11 is 5.28. The van der Waals surface area contributed by atoms with Gasteiger partial charge in [-0.2, -0.15) is 0 Å². The minimum absolute atomic E-state index is 0.0340. The zero-order valence-corrected chi connectivity index (χ0v) is 20.1. The average Bonchev–Trinajstić information content (AvgIpc) is 2.83. The van der Waals surface area contributed by atoms with Crippen LogP contribution in [-0.2, 0) is 0 Å². The molecule has 1 fully saturated rings. The lowest BCUT2D eigenvalue weighted by atomic mass is 9.98. The molecule has 3 rings (SSSR count). The Morgan fingerprint density at radius 3 is 2.03 bits per heavy atom. The van der Waals surface area contributed by atoms with E-state index in [0.29, 0.717) is 40.0 Å². The van der Waals surface area contributed by atoms with Gasteiger partial charge in [0.2, 0.25) is 5.75 Å². The molecule has 0 spiro atoms. The smallest absolute Gasteiger partial charge is 0.257 e. The number of nitrogens with zero attached hydrogens (tertiary/aromatic N) is 1. The molecule has 0 atom stereocenters. The third-order valence-electron chi connectivity index (χ3n) is 5.61. The lowest BCUT2D eigenvalue weighted by molar-refractivity contribution is 0.0697. The number of benzene rings is 2. The maximum atomic E-state index is 12.7. The van der Waals surface area contributed by atoms with Crippen LogP contribution in [0.15, 0.2) is 36.4 Å². The number of piperidine rings is 1. The second-order valence-electron chi connectivity index (χ2n) is 7.87. The summed E-state index contributed by atoms with van der Waals surface area (Å²) < 4.78 is 15.8. The summed E-state index contributed by atoms with van der Waals surface area (Å²) in [5.74, 6) is 1.39. The van der Waals surface area contributed by atoms with Crippen molar-refractivity contribution >= 4 is 34.8 Å². The molecule has 1 heterocycles. The van der Waals surface area contributed by atoms with E-state index in [9.17, 15) is 9.59 Å². The normalized spacial score (nSPS) is 13.8. The highest BCUT2D eigenvalue weighted by molar-refractivity contribution is 7.80. The number of thiocarbonyl (C=S) groups is 1. The van der Waals surface area contributed by atoms with Crippen LogP contribution >= 0.6 is 12.2 Å². The van der Waals surface area contributed by atoms with E-state index < -0.39 is 5.91 Å². The molecule has 2 N–H and O–H groups in total. The Morgan fingerprint density at radius 2 is 1.52 bits per heavy atom. The third kappa shape index (κ3) is 5.92. The van der Waals surface area contributed by atoms with Gasteiger partial charge in [-0.15, -0.1) is 0 Å². The van der Waals surface area contributed by atoms with Gasteiger partial charge >= 0.3 is 0 Å². The molecule has 176 valence electrons. The number of methoxy groups -OCH3 is 3. The van der Waals surface area contributed by atoms with Crippen LogP contribution in [0.5, 0.6) is 17.2 Å². The molecule has 0 aliphatic carbocycles. The molecule has 9 heteroatoms. The maximum absolute atomic E-state index is 12.7. The van der Waals surface area contributed by atoms with Crippen LogP contribution in [0.4, 0.5) is 5.69 Å². The van der Waals surface area contributed by atoms with Crippen molar-refractivity contribution < 1.29 is 23.8 Å². The van der Waals surface area contributed by atoms with Crippen molar-refractivity contribution in [1.82, 2.24) is 10.2 Å². The van der Waals surface area contributed by atoms with E-state index in [2.05, 4.69) is 17.6 Å². The standard InChI is InChI=1S/C24H29N3O5S/c1-15-9-11-27(12-10-15)23(29)16-5-7-18(8-6-16)25-24(33)26-22(28)17-13-19(30-2)21(32-4)20(14-17)31-3/h5-8,13-15H,9-12H2,1-4H3,(H2,25,26,28,33). The zero-order chi connectivity index (χ0) is 24.0. The van der Waals surface area contributed by atoms with Crippen molar-refractivity contribution in [2.24, 2.45) is 5.92 Å². The summed E-state index contributed by atoms with van der Waals surface area (Å²) in [6.45, 7) is 3.79. The Balaban J connectivity index is 1.61. The minimum Gasteiger partial charge on any atom is -0.493 e. The van der Waals surface area contributed by atoms with Crippen molar-refractivity contribution in [1.29, 1.82) is 0 Å². The van der Waals surface area contributed by atoms with E-state index in [0.717, 1.165) is 25.9 Å². The molecule has 2 amide bonds. The highest BCUT2D eigenvalue weighted by Gasteiger charge is 2.21. The molecule has 0 unspecified atom stereocenters. The SMILES string of the molecule is COc1cc(C(=O)NC(=S)Nc2ccc(C(=O)N3CCC(C)CC3)cc2)cc(OC)c1OC. The van der Waals surface area contributed by atoms with Crippen LogP contribution < -0.4 is 24.8 Å². The highest BCUT2D eigenvalue weighted by Crippen LogP contribution is 2.38. The molecule has 8 nitrogen and oxygen atoms in total. The van der Waals surface area contributed by atoms with E-state index in [-0.39, 0.29) is 11.0 Å². The van der Waals surface area contributed by atoms with Crippen LogP contribution in [0.25, 0.3) is 0 Å². The summed E-state index contributed by atoms with van der Waals surface area (Å²) in [4.78, 5) is 27.3. The van der Waals surface area contributed by atoms with Gasteiger partial charge in [-0.05, 0) is 67.4 Å². The van der Waals surface area contributed by atoms with Crippen LogP contribution in [-0.4, -0.2) is 56.2 Å². The van der Waals surface area contributed by atoms with Crippen LogP contribution in [0.3, 0.4) is 0 Å². The summed E-state index contributed by atoms with van der Waals surface area (Å²) in [5, 5.41) is 5.72. The number of carbonyl (C=O) groups excluding carboxylic acids is 2. The fourth-order valence-corrected chi connectivity index (χ4v) is 3.85. The van der Waals surface area contributed by atoms with E-state index >= 15 is 0 Å². The van der Waals surface area contributed by atoms with Gasteiger partial charge < -0.3 is 24.4 Å². The molecule has 33 heavy (non-hydrogen) atoms. The average molecular weight is 472 g/mol. The second-order valence-corrected chi connectivity index (χ2v) is 8.28. The molecule has 1 saturated heterocycles. The number of carbonyl (C=O) groups is 2. The van der Waals surface area contributed by atoms with Crippen molar-refractivity contribution in [2.45, 2.75) is 19.8 Å². The fraction of sp³-hybridized carbons (Fsp3) is 0.375. The van der Waals surface area contributed by atoms with Gasteiger partial charge in [-0.3, -0.25) is 14.9 Å². The van der Waals surface area contributed by atoms with Gasteiger partial charge in [0.05, 0.1) is 21.3 Å². The van der Waals surface area contributed by atoms with E-state index in [1.807, 2.05) is 4.90 Å². The number of hydrogen-bond acceptors (Lipinski definition) is 6. The molecule has 1 aliphatic heterocycles. The maximum Gasteiger partial charge on any atom is 0.257 e. The minimum atomic E-state index is -0.433. The number of amides is 2. The first-order chi connectivity index (χ1) is 15.9. The predicted molar refractivity (Wildman–Crippen MR) is 131 cm³/mol. The molecular weight excluding hydrogens is 442 g/mol. The Hall–Kier alpha value is -3.33. The fourth-order valence-electron chi connectivity index (χ4n) is 3.64. The zero-order valence-electron chi connectivity index (χ0n) is 19.3. The Bertz CT molecular complexity index is 992. The first kappa shape index (κ1) is 24.3. The van der Waals surface area contributed by atoms with Gasteiger partial charge in [0.25, 0.3) is 11.8 Å². The summed E-state index contributed by atoms with van der Waals surface area (Å²) in [5.41, 5.74) is 1.59. The van der Waals surface area contributed by atoms with Crippen molar-refractivity contribution in [3.05, 3.63) is 47.5 Å². The van der Waals surface area contributed by atoms with Crippen molar-refractivity contribution in [2.75, 3.05) is 39.7 Å².